The van der Waals surface area contributed by atoms with E-state index >= 15 is 0 Å². The van der Waals surface area contributed by atoms with E-state index < -0.39 is 23.4 Å². The van der Waals surface area contributed by atoms with Gasteiger partial charge in [0.2, 0.25) is 5.91 Å². The molecule has 0 aromatic heterocycles. The zero-order valence-electron chi connectivity index (χ0n) is 14.6. The lowest BCUT2D eigenvalue weighted by molar-refractivity contribution is -0.137. The Balaban J connectivity index is 1.72. The van der Waals surface area contributed by atoms with E-state index in [1.807, 2.05) is 0 Å². The Morgan fingerprint density at radius 1 is 1.33 bits per heavy atom. The van der Waals surface area contributed by atoms with Crippen molar-refractivity contribution in [3.63, 3.8) is 0 Å². The Kier molecular flexibility index (Phi) is 4.95. The summed E-state index contributed by atoms with van der Waals surface area (Å²) in [4.78, 5) is 29.0. The van der Waals surface area contributed by atoms with Gasteiger partial charge in [-0.1, -0.05) is 12.1 Å². The van der Waals surface area contributed by atoms with Gasteiger partial charge in [0.25, 0.3) is 11.7 Å². The number of allylic oxidation sites excluding steroid dienone is 2. The molecule has 1 saturated carbocycles. The molecule has 1 aromatic carbocycles. The van der Waals surface area contributed by atoms with E-state index in [9.17, 15) is 22.8 Å². The minimum atomic E-state index is -4.46. The molecule has 0 bridgehead atoms. The number of aliphatic imine (C=N–C) groups is 1. The molecule has 2 aliphatic rings. The average Bonchev–Trinajstić information content (AvgIpc) is 3.44. The number of hydrogen-bond donors (Lipinski definition) is 3. The molecule has 27 heavy (non-hydrogen) atoms. The summed E-state index contributed by atoms with van der Waals surface area (Å²) in [7, 11) is 0. The molecule has 3 N–H and O–H groups in total. The van der Waals surface area contributed by atoms with Crippen molar-refractivity contribution in [3.05, 3.63) is 47.2 Å². The standard InChI is InChI=1S/C18H19F3N4O2/c1-11-7-8-23-18(24-11,25-15(26)13-5-6-13)16(27)22-10-12-3-2-4-14(9-12)17(19,20)21/h2-4,7-9,13,24H,5-6,10H2,1H3,(H,22,27)(H,25,26). The van der Waals surface area contributed by atoms with E-state index in [4.69, 9.17) is 0 Å². The normalized spacial score (nSPS) is 21.9. The molecular formula is C18H19F3N4O2. The lowest BCUT2D eigenvalue weighted by Crippen LogP contribution is -2.66. The van der Waals surface area contributed by atoms with E-state index in [1.165, 1.54) is 18.3 Å². The van der Waals surface area contributed by atoms with Gasteiger partial charge in [-0.15, -0.1) is 0 Å². The van der Waals surface area contributed by atoms with Crippen molar-refractivity contribution in [1.82, 2.24) is 16.0 Å². The van der Waals surface area contributed by atoms with Gasteiger partial charge in [0.05, 0.1) is 5.56 Å². The van der Waals surface area contributed by atoms with Crippen LogP contribution < -0.4 is 16.0 Å². The maximum atomic E-state index is 12.8. The molecule has 9 heteroatoms. The molecule has 144 valence electrons. The highest BCUT2D eigenvalue weighted by atomic mass is 19.4. The van der Waals surface area contributed by atoms with Crippen LogP contribution in [0.3, 0.4) is 0 Å². The highest BCUT2D eigenvalue weighted by Crippen LogP contribution is 2.30. The van der Waals surface area contributed by atoms with Crippen LogP contribution in [0.2, 0.25) is 0 Å². The van der Waals surface area contributed by atoms with Crippen LogP contribution in [0, 0.1) is 5.92 Å². The van der Waals surface area contributed by atoms with Gasteiger partial charge in [0.1, 0.15) is 0 Å². The first kappa shape index (κ1) is 18.9. The third-order valence-electron chi connectivity index (χ3n) is 4.26. The van der Waals surface area contributed by atoms with Crippen LogP contribution in [0.1, 0.15) is 30.9 Å². The molecule has 1 fully saturated rings. The Morgan fingerprint density at radius 3 is 2.70 bits per heavy atom. The molecule has 1 aliphatic heterocycles. The number of amides is 2. The lowest BCUT2D eigenvalue weighted by atomic mass is 10.1. The minimum absolute atomic E-state index is 0.135. The van der Waals surface area contributed by atoms with E-state index in [0.29, 0.717) is 5.70 Å². The zero-order valence-corrected chi connectivity index (χ0v) is 14.6. The third-order valence-corrected chi connectivity index (χ3v) is 4.26. The first-order valence-electron chi connectivity index (χ1n) is 8.46. The van der Waals surface area contributed by atoms with Gasteiger partial charge < -0.3 is 16.0 Å². The largest absolute Gasteiger partial charge is 0.416 e. The summed E-state index contributed by atoms with van der Waals surface area (Å²) in [5, 5.41) is 8.02. The first-order chi connectivity index (χ1) is 12.7. The number of hydrogen-bond acceptors (Lipinski definition) is 4. The predicted octanol–water partition coefficient (Wildman–Crippen LogP) is 2.08. The summed E-state index contributed by atoms with van der Waals surface area (Å²) in [5.74, 6) is -2.79. The van der Waals surface area contributed by atoms with Crippen LogP contribution in [0.25, 0.3) is 0 Å². The Hall–Kier alpha value is -2.84. The molecule has 1 unspecified atom stereocenters. The quantitative estimate of drug-likeness (QED) is 0.732. The monoisotopic (exact) mass is 380 g/mol. The molecule has 0 radical (unpaired) electrons. The van der Waals surface area contributed by atoms with Crippen LogP contribution in [0.15, 0.2) is 41.0 Å². The molecule has 6 nitrogen and oxygen atoms in total. The fourth-order valence-corrected chi connectivity index (χ4v) is 2.65. The van der Waals surface area contributed by atoms with Crippen molar-refractivity contribution in [1.29, 1.82) is 0 Å². The van der Waals surface area contributed by atoms with Crippen LogP contribution in [0.4, 0.5) is 13.2 Å². The van der Waals surface area contributed by atoms with Crippen molar-refractivity contribution < 1.29 is 22.8 Å². The Morgan fingerprint density at radius 2 is 2.07 bits per heavy atom. The van der Waals surface area contributed by atoms with Crippen molar-refractivity contribution in [2.45, 2.75) is 38.3 Å². The fourth-order valence-electron chi connectivity index (χ4n) is 2.65. The molecular weight excluding hydrogens is 361 g/mol. The molecule has 1 heterocycles. The number of rotatable bonds is 5. The number of alkyl halides is 3. The molecule has 0 spiro atoms. The van der Waals surface area contributed by atoms with Crippen LogP contribution >= 0.6 is 0 Å². The van der Waals surface area contributed by atoms with E-state index in [0.717, 1.165) is 25.0 Å². The van der Waals surface area contributed by atoms with Crippen LogP contribution in [-0.4, -0.2) is 23.8 Å². The van der Waals surface area contributed by atoms with Crippen LogP contribution in [0.5, 0.6) is 0 Å². The first-order valence-corrected chi connectivity index (χ1v) is 8.46. The Bertz CT molecular complexity index is 815. The van der Waals surface area contributed by atoms with Gasteiger partial charge >= 0.3 is 6.18 Å². The second-order valence-electron chi connectivity index (χ2n) is 6.61. The second-order valence-corrected chi connectivity index (χ2v) is 6.61. The summed E-state index contributed by atoms with van der Waals surface area (Å²) in [6, 6.07) is 4.69. The molecule has 3 rings (SSSR count). The molecule has 1 atom stereocenters. The number of nitrogens with zero attached hydrogens (tertiary/aromatic N) is 1. The highest BCUT2D eigenvalue weighted by Gasteiger charge is 2.43. The van der Waals surface area contributed by atoms with Crippen molar-refractivity contribution in [2.24, 2.45) is 10.9 Å². The van der Waals surface area contributed by atoms with Crippen molar-refractivity contribution >= 4 is 18.0 Å². The third kappa shape index (κ3) is 4.47. The summed E-state index contributed by atoms with van der Waals surface area (Å²) in [6.45, 7) is 1.58. The molecule has 0 saturated heterocycles. The molecule has 2 amide bonds. The van der Waals surface area contributed by atoms with E-state index in [-0.39, 0.29) is 23.9 Å². The zero-order chi connectivity index (χ0) is 19.7. The summed E-state index contributed by atoms with van der Waals surface area (Å²) in [6.07, 6.45) is 0.0969. The summed E-state index contributed by atoms with van der Waals surface area (Å²) in [5.41, 5.74) is 0.114. The fraction of sp³-hybridized carbons (Fsp3) is 0.389. The average molecular weight is 380 g/mol. The summed E-state index contributed by atoms with van der Waals surface area (Å²) >= 11 is 0. The molecule has 1 aliphatic carbocycles. The Labute approximate surface area is 153 Å². The predicted molar refractivity (Wildman–Crippen MR) is 92.3 cm³/mol. The number of halogens is 3. The van der Waals surface area contributed by atoms with Gasteiger partial charge in [-0.2, -0.15) is 13.2 Å². The summed E-state index contributed by atoms with van der Waals surface area (Å²) < 4.78 is 38.4. The van der Waals surface area contributed by atoms with E-state index in [2.05, 4.69) is 20.9 Å². The number of benzene rings is 1. The second kappa shape index (κ2) is 7.05. The van der Waals surface area contributed by atoms with E-state index in [1.54, 1.807) is 13.0 Å². The minimum Gasteiger partial charge on any atom is -0.347 e. The maximum Gasteiger partial charge on any atom is 0.416 e. The number of carbonyl (C=O) groups is 2. The van der Waals surface area contributed by atoms with Crippen LogP contribution in [-0.2, 0) is 22.3 Å². The topological polar surface area (TPSA) is 82.6 Å². The maximum absolute atomic E-state index is 12.8. The number of nitrogens with one attached hydrogen (secondary N) is 3. The van der Waals surface area contributed by atoms with Gasteiger partial charge in [0, 0.05) is 24.4 Å². The highest BCUT2D eigenvalue weighted by molar-refractivity contribution is 5.94. The lowest BCUT2D eigenvalue weighted by Gasteiger charge is -2.33. The van der Waals surface area contributed by atoms with Crippen molar-refractivity contribution in [3.8, 4) is 0 Å². The number of carbonyl (C=O) groups excluding carboxylic acids is 2. The smallest absolute Gasteiger partial charge is 0.347 e. The SMILES string of the molecule is CC1=CC=NC(NC(=O)C2CC2)(C(=O)NCc2cccc(C(F)(F)F)c2)N1. The van der Waals surface area contributed by atoms with Gasteiger partial charge in [0.15, 0.2) is 0 Å². The van der Waals surface area contributed by atoms with Gasteiger partial charge in [-0.25, -0.2) is 4.99 Å². The van der Waals surface area contributed by atoms with Gasteiger partial charge in [-0.3, -0.25) is 9.59 Å². The van der Waals surface area contributed by atoms with Gasteiger partial charge in [-0.05, 0) is 43.5 Å². The molecule has 1 aromatic rings. The van der Waals surface area contributed by atoms with Crippen molar-refractivity contribution in [2.75, 3.05) is 0 Å².